The maximum atomic E-state index is 13.1. The van der Waals surface area contributed by atoms with Gasteiger partial charge in [0.05, 0.1) is 17.4 Å². The summed E-state index contributed by atoms with van der Waals surface area (Å²) in [5.74, 6) is 0.238. The lowest BCUT2D eigenvalue weighted by Gasteiger charge is -2.19. The first kappa shape index (κ1) is 23.9. The van der Waals surface area contributed by atoms with Gasteiger partial charge in [-0.15, -0.1) is 0 Å². The number of hydrogen-bond donors (Lipinski definition) is 3. The molecule has 35 heavy (non-hydrogen) atoms. The molecule has 0 aliphatic rings. The molecule has 1 heterocycles. The summed E-state index contributed by atoms with van der Waals surface area (Å²) in [6, 6.07) is 26.8. The highest BCUT2D eigenvalue weighted by Crippen LogP contribution is 2.24. The Hall–Kier alpha value is -4.23. The maximum Gasteiger partial charge on any atom is 0.255 e. The van der Waals surface area contributed by atoms with E-state index in [9.17, 15) is 9.90 Å². The number of carbonyl (C=O) groups excluding carboxylic acids is 1. The van der Waals surface area contributed by atoms with Crippen molar-refractivity contribution < 1.29 is 9.90 Å². The van der Waals surface area contributed by atoms with Gasteiger partial charge in [-0.1, -0.05) is 72.8 Å². The monoisotopic (exact) mass is 467 g/mol. The molecule has 0 bridgehead atoms. The second-order valence-corrected chi connectivity index (χ2v) is 8.37. The Labute approximate surface area is 205 Å². The van der Waals surface area contributed by atoms with Crippen LogP contribution in [0.5, 0.6) is 0 Å². The molecule has 178 valence electrons. The van der Waals surface area contributed by atoms with E-state index in [2.05, 4.69) is 22.4 Å². The van der Waals surface area contributed by atoms with Crippen molar-refractivity contribution in [3.8, 4) is 11.3 Å². The molecule has 7 nitrogen and oxygen atoms in total. The molecule has 1 aromatic heterocycles. The van der Waals surface area contributed by atoms with Crippen molar-refractivity contribution in [2.45, 2.75) is 19.1 Å². The topological polar surface area (TPSA) is 104 Å². The minimum atomic E-state index is -0.724. The first-order chi connectivity index (χ1) is 17.0. The minimum absolute atomic E-state index is 0.290. The zero-order valence-electron chi connectivity index (χ0n) is 19.6. The van der Waals surface area contributed by atoms with Crippen LogP contribution >= 0.6 is 0 Å². The van der Waals surface area contributed by atoms with Gasteiger partial charge in [-0.25, -0.2) is 9.97 Å². The molecule has 0 radical (unpaired) electrons. The van der Waals surface area contributed by atoms with Gasteiger partial charge >= 0.3 is 0 Å². The van der Waals surface area contributed by atoms with Gasteiger partial charge in [0.1, 0.15) is 0 Å². The number of hydrogen-bond acceptors (Lipinski definition) is 6. The van der Waals surface area contributed by atoms with Crippen molar-refractivity contribution in [3.63, 3.8) is 0 Å². The third-order valence-corrected chi connectivity index (χ3v) is 5.67. The fourth-order valence-electron chi connectivity index (χ4n) is 3.82. The number of anilines is 2. The lowest BCUT2D eigenvalue weighted by Crippen LogP contribution is -2.27. The summed E-state index contributed by atoms with van der Waals surface area (Å²) < 4.78 is 0. The highest BCUT2D eigenvalue weighted by Gasteiger charge is 2.18. The average Bonchev–Trinajstić information content (AvgIpc) is 2.89. The highest BCUT2D eigenvalue weighted by atomic mass is 16.3. The van der Waals surface area contributed by atoms with Crippen molar-refractivity contribution in [3.05, 3.63) is 108 Å². The Morgan fingerprint density at radius 3 is 2.46 bits per heavy atom. The number of amides is 1. The van der Waals surface area contributed by atoms with E-state index in [0.29, 0.717) is 42.4 Å². The standard InChI is InChI=1S/C28H29N5O2/c1-33(19-20-9-4-2-5-10-20)28-31-18-24(26(32-28)21-11-6-3-7-12-21)27(35)30-16-15-25(34)22-13-8-14-23(29)17-22/h2-14,17-18,25,34H,15-16,19,29H2,1H3,(H,30,35). The Bertz CT molecular complexity index is 1260. The van der Waals surface area contributed by atoms with Crippen molar-refractivity contribution >= 4 is 17.5 Å². The van der Waals surface area contributed by atoms with Gasteiger partial charge in [0.15, 0.2) is 0 Å². The molecule has 4 aromatic rings. The maximum absolute atomic E-state index is 13.1. The van der Waals surface area contributed by atoms with E-state index in [1.165, 1.54) is 0 Å². The van der Waals surface area contributed by atoms with E-state index >= 15 is 0 Å². The fourth-order valence-corrected chi connectivity index (χ4v) is 3.82. The Kier molecular flexibility index (Phi) is 7.70. The van der Waals surface area contributed by atoms with Crippen LogP contribution in [0.4, 0.5) is 11.6 Å². The van der Waals surface area contributed by atoms with Crippen molar-refractivity contribution in [2.24, 2.45) is 0 Å². The van der Waals surface area contributed by atoms with E-state index < -0.39 is 6.10 Å². The van der Waals surface area contributed by atoms with E-state index in [4.69, 9.17) is 10.7 Å². The number of nitrogens with zero attached hydrogens (tertiary/aromatic N) is 3. The first-order valence-electron chi connectivity index (χ1n) is 11.5. The normalized spacial score (nSPS) is 11.6. The molecule has 4 N–H and O–H groups in total. The van der Waals surface area contributed by atoms with Crippen LogP contribution in [0.15, 0.2) is 91.1 Å². The van der Waals surface area contributed by atoms with Gasteiger partial charge in [0.25, 0.3) is 5.91 Å². The molecule has 0 aliphatic carbocycles. The summed E-state index contributed by atoms with van der Waals surface area (Å²) in [7, 11) is 1.93. The molecule has 0 aliphatic heterocycles. The van der Waals surface area contributed by atoms with Crippen LogP contribution in [0.25, 0.3) is 11.3 Å². The minimum Gasteiger partial charge on any atom is -0.399 e. The molecule has 1 unspecified atom stereocenters. The number of rotatable bonds is 9. The average molecular weight is 468 g/mol. The van der Waals surface area contributed by atoms with Gasteiger partial charge in [-0.2, -0.15) is 0 Å². The number of aromatic nitrogens is 2. The molecule has 1 amide bonds. The number of aliphatic hydroxyl groups is 1. The van der Waals surface area contributed by atoms with Crippen LogP contribution in [-0.2, 0) is 6.54 Å². The third kappa shape index (κ3) is 6.22. The molecule has 0 spiro atoms. The summed E-state index contributed by atoms with van der Waals surface area (Å²) in [6.07, 6.45) is 1.20. The van der Waals surface area contributed by atoms with Crippen LogP contribution in [0.2, 0.25) is 0 Å². The van der Waals surface area contributed by atoms with Gasteiger partial charge in [-0.3, -0.25) is 4.79 Å². The Morgan fingerprint density at radius 2 is 1.74 bits per heavy atom. The smallest absolute Gasteiger partial charge is 0.255 e. The lowest BCUT2D eigenvalue weighted by molar-refractivity contribution is 0.0942. The Morgan fingerprint density at radius 1 is 1.03 bits per heavy atom. The van der Waals surface area contributed by atoms with Crippen molar-refractivity contribution in [1.29, 1.82) is 0 Å². The second-order valence-electron chi connectivity index (χ2n) is 8.37. The van der Waals surface area contributed by atoms with E-state index in [1.54, 1.807) is 24.4 Å². The Balaban J connectivity index is 1.50. The van der Waals surface area contributed by atoms with E-state index in [0.717, 1.165) is 16.7 Å². The number of carbonyl (C=O) groups is 1. The zero-order valence-corrected chi connectivity index (χ0v) is 19.6. The summed E-state index contributed by atoms with van der Waals surface area (Å²) in [4.78, 5) is 24.3. The molecular weight excluding hydrogens is 438 g/mol. The molecule has 7 heteroatoms. The number of nitrogen functional groups attached to an aromatic ring is 1. The van der Waals surface area contributed by atoms with E-state index in [1.807, 2.05) is 66.5 Å². The van der Waals surface area contributed by atoms with E-state index in [-0.39, 0.29) is 5.91 Å². The summed E-state index contributed by atoms with van der Waals surface area (Å²) in [5, 5.41) is 13.3. The van der Waals surface area contributed by atoms with Gasteiger partial charge in [0, 0.05) is 37.6 Å². The largest absolute Gasteiger partial charge is 0.399 e. The number of aliphatic hydroxyl groups excluding tert-OH is 1. The van der Waals surface area contributed by atoms with Crippen LogP contribution in [0, 0.1) is 0 Å². The molecule has 3 aromatic carbocycles. The number of nitrogens with one attached hydrogen (secondary N) is 1. The van der Waals surface area contributed by atoms with Crippen LogP contribution in [-0.4, -0.2) is 34.6 Å². The van der Waals surface area contributed by atoms with Gasteiger partial charge in [-0.05, 0) is 29.7 Å². The molecule has 4 rings (SSSR count). The molecule has 0 fully saturated rings. The van der Waals surface area contributed by atoms with Gasteiger partial charge < -0.3 is 21.1 Å². The quantitative estimate of drug-likeness (QED) is 0.319. The van der Waals surface area contributed by atoms with Crippen molar-refractivity contribution in [1.82, 2.24) is 15.3 Å². The second kappa shape index (κ2) is 11.3. The van der Waals surface area contributed by atoms with Crippen LogP contribution < -0.4 is 16.0 Å². The van der Waals surface area contributed by atoms with Crippen molar-refractivity contribution in [2.75, 3.05) is 24.2 Å². The summed E-state index contributed by atoms with van der Waals surface area (Å²) in [5.41, 5.74) is 10.0. The predicted octanol–water partition coefficient (Wildman–Crippen LogP) is 4.22. The van der Waals surface area contributed by atoms with Crippen LogP contribution in [0.1, 0.15) is 34.0 Å². The lowest BCUT2D eigenvalue weighted by atomic mass is 10.1. The number of benzene rings is 3. The summed E-state index contributed by atoms with van der Waals surface area (Å²) >= 11 is 0. The number of nitrogens with two attached hydrogens (primary N) is 1. The van der Waals surface area contributed by atoms with Gasteiger partial charge in [0.2, 0.25) is 5.95 Å². The van der Waals surface area contributed by atoms with Crippen LogP contribution in [0.3, 0.4) is 0 Å². The predicted molar refractivity (Wildman–Crippen MR) is 139 cm³/mol. The third-order valence-electron chi connectivity index (χ3n) is 5.67. The molecule has 0 saturated heterocycles. The molecule has 1 atom stereocenters. The molecule has 0 saturated carbocycles. The summed E-state index contributed by atoms with van der Waals surface area (Å²) in [6.45, 7) is 0.932. The molecular formula is C28H29N5O2. The first-order valence-corrected chi connectivity index (χ1v) is 11.5. The SMILES string of the molecule is CN(Cc1ccccc1)c1ncc(C(=O)NCCC(O)c2cccc(N)c2)c(-c2ccccc2)n1. The fraction of sp³-hybridized carbons (Fsp3) is 0.179. The zero-order chi connectivity index (χ0) is 24.6. The highest BCUT2D eigenvalue weighted by molar-refractivity contribution is 5.99.